The Kier molecular flexibility index (Phi) is 4.54. The van der Waals surface area contributed by atoms with Crippen molar-refractivity contribution >= 4 is 17.4 Å². The average molecular weight is 290 g/mol. The Morgan fingerprint density at radius 1 is 1.40 bits per heavy atom. The van der Waals surface area contributed by atoms with Gasteiger partial charge in [-0.05, 0) is 42.7 Å². The zero-order chi connectivity index (χ0) is 14.5. The van der Waals surface area contributed by atoms with Crippen LogP contribution in [0.2, 0.25) is 5.02 Å². The van der Waals surface area contributed by atoms with E-state index in [1.54, 1.807) is 12.1 Å². The lowest BCUT2D eigenvalue weighted by Crippen LogP contribution is -2.08. The fraction of sp³-hybridized carbons (Fsp3) is 0.200. The SMILES string of the molecule is Cc1cc(F)ccc1CCNc1nccc(C#N)c1Cl. The summed E-state index contributed by atoms with van der Waals surface area (Å²) in [5.41, 5.74) is 2.37. The molecule has 102 valence electrons. The van der Waals surface area contributed by atoms with Crippen molar-refractivity contribution in [1.29, 1.82) is 5.26 Å². The molecule has 0 saturated carbocycles. The molecule has 2 rings (SSSR count). The molecule has 1 aromatic carbocycles. The standard InChI is InChI=1S/C15H13ClFN3/c1-10-8-13(17)3-2-11(10)4-6-19-15-14(16)12(9-18)5-7-20-15/h2-3,5,7-8H,4,6H2,1H3,(H,19,20). The van der Waals surface area contributed by atoms with Crippen LogP contribution in [0.4, 0.5) is 10.2 Å². The summed E-state index contributed by atoms with van der Waals surface area (Å²) < 4.78 is 13.0. The van der Waals surface area contributed by atoms with Crippen molar-refractivity contribution in [3.8, 4) is 6.07 Å². The van der Waals surface area contributed by atoms with Crippen molar-refractivity contribution in [3.05, 3.63) is 58.0 Å². The fourth-order valence-electron chi connectivity index (χ4n) is 1.91. The molecule has 0 radical (unpaired) electrons. The Morgan fingerprint density at radius 3 is 2.90 bits per heavy atom. The maximum Gasteiger partial charge on any atom is 0.146 e. The smallest absolute Gasteiger partial charge is 0.146 e. The number of nitriles is 1. The van der Waals surface area contributed by atoms with Crippen LogP contribution in [0.25, 0.3) is 0 Å². The van der Waals surface area contributed by atoms with Gasteiger partial charge in [-0.25, -0.2) is 9.37 Å². The van der Waals surface area contributed by atoms with Gasteiger partial charge >= 0.3 is 0 Å². The molecule has 0 fully saturated rings. The Labute approximate surface area is 122 Å². The van der Waals surface area contributed by atoms with Crippen molar-refractivity contribution in [2.45, 2.75) is 13.3 Å². The second kappa shape index (κ2) is 6.36. The molecule has 0 aliphatic carbocycles. The van der Waals surface area contributed by atoms with E-state index in [0.717, 1.165) is 17.5 Å². The van der Waals surface area contributed by atoms with E-state index < -0.39 is 0 Å². The van der Waals surface area contributed by atoms with E-state index in [1.165, 1.54) is 18.3 Å². The summed E-state index contributed by atoms with van der Waals surface area (Å²) in [6, 6.07) is 8.30. The first kappa shape index (κ1) is 14.3. The molecule has 0 atom stereocenters. The number of rotatable bonds is 4. The number of hydrogen-bond donors (Lipinski definition) is 1. The Bertz CT molecular complexity index is 665. The maximum absolute atomic E-state index is 13.0. The molecule has 0 aliphatic heterocycles. The predicted octanol–water partition coefficient (Wildman–Crippen LogP) is 3.71. The quantitative estimate of drug-likeness (QED) is 0.933. The van der Waals surface area contributed by atoms with Crippen molar-refractivity contribution in [3.63, 3.8) is 0 Å². The Balaban J connectivity index is 2.02. The number of halogens is 2. The summed E-state index contributed by atoms with van der Waals surface area (Å²) in [5, 5.41) is 12.3. The third-order valence-corrected chi connectivity index (χ3v) is 3.38. The number of aryl methyl sites for hydroxylation is 1. The molecule has 0 spiro atoms. The van der Waals surface area contributed by atoms with Crippen LogP contribution in [0, 0.1) is 24.1 Å². The van der Waals surface area contributed by atoms with Gasteiger partial charge in [0.1, 0.15) is 22.7 Å². The predicted molar refractivity (Wildman–Crippen MR) is 77.3 cm³/mol. The highest BCUT2D eigenvalue weighted by molar-refractivity contribution is 6.34. The van der Waals surface area contributed by atoms with E-state index in [-0.39, 0.29) is 5.82 Å². The minimum atomic E-state index is -0.231. The lowest BCUT2D eigenvalue weighted by Gasteiger charge is -2.09. The van der Waals surface area contributed by atoms with Gasteiger partial charge in [-0.15, -0.1) is 0 Å². The highest BCUT2D eigenvalue weighted by Gasteiger charge is 2.07. The Hall–Kier alpha value is -2.12. The largest absolute Gasteiger partial charge is 0.368 e. The number of benzene rings is 1. The van der Waals surface area contributed by atoms with Gasteiger partial charge in [-0.2, -0.15) is 5.26 Å². The van der Waals surface area contributed by atoms with Crippen molar-refractivity contribution in [1.82, 2.24) is 4.98 Å². The molecular formula is C15H13ClFN3. The molecule has 0 bridgehead atoms. The lowest BCUT2D eigenvalue weighted by atomic mass is 10.1. The van der Waals surface area contributed by atoms with Crippen molar-refractivity contribution < 1.29 is 4.39 Å². The van der Waals surface area contributed by atoms with Crippen LogP contribution in [0.5, 0.6) is 0 Å². The van der Waals surface area contributed by atoms with Gasteiger partial charge < -0.3 is 5.32 Å². The number of aromatic nitrogens is 1. The molecule has 3 nitrogen and oxygen atoms in total. The average Bonchev–Trinajstić information content (AvgIpc) is 2.43. The van der Waals surface area contributed by atoms with Gasteiger partial charge in [-0.1, -0.05) is 17.7 Å². The summed E-state index contributed by atoms with van der Waals surface area (Å²) in [7, 11) is 0. The van der Waals surface area contributed by atoms with Crippen LogP contribution in [0.15, 0.2) is 30.5 Å². The van der Waals surface area contributed by atoms with Crippen LogP contribution < -0.4 is 5.32 Å². The van der Waals surface area contributed by atoms with Crippen molar-refractivity contribution in [2.75, 3.05) is 11.9 Å². The minimum absolute atomic E-state index is 0.231. The molecule has 0 amide bonds. The molecule has 0 saturated heterocycles. The second-order valence-electron chi connectivity index (χ2n) is 4.38. The van der Waals surface area contributed by atoms with Crippen LogP contribution in [-0.2, 0) is 6.42 Å². The first-order chi connectivity index (χ1) is 9.61. The van der Waals surface area contributed by atoms with E-state index >= 15 is 0 Å². The molecule has 0 aliphatic rings. The highest BCUT2D eigenvalue weighted by atomic mass is 35.5. The summed E-state index contributed by atoms with van der Waals surface area (Å²) in [6.07, 6.45) is 2.26. The van der Waals surface area contributed by atoms with E-state index in [9.17, 15) is 4.39 Å². The molecule has 1 aromatic heterocycles. The van der Waals surface area contributed by atoms with Gasteiger partial charge in [-0.3, -0.25) is 0 Å². The van der Waals surface area contributed by atoms with Gasteiger partial charge in [0.2, 0.25) is 0 Å². The molecule has 5 heteroatoms. The topological polar surface area (TPSA) is 48.7 Å². The maximum atomic E-state index is 13.0. The van der Waals surface area contributed by atoms with Gasteiger partial charge in [0.25, 0.3) is 0 Å². The minimum Gasteiger partial charge on any atom is -0.368 e. The van der Waals surface area contributed by atoms with Crippen LogP contribution in [0.3, 0.4) is 0 Å². The van der Waals surface area contributed by atoms with E-state index in [0.29, 0.717) is 22.9 Å². The van der Waals surface area contributed by atoms with Gasteiger partial charge in [0, 0.05) is 12.7 Å². The summed E-state index contributed by atoms with van der Waals surface area (Å²) in [6.45, 7) is 2.48. The zero-order valence-corrected chi connectivity index (χ0v) is 11.7. The number of nitrogens with zero attached hydrogens (tertiary/aromatic N) is 2. The molecule has 0 unspecified atom stereocenters. The lowest BCUT2D eigenvalue weighted by molar-refractivity contribution is 0.625. The molecule has 20 heavy (non-hydrogen) atoms. The summed E-state index contributed by atoms with van der Waals surface area (Å²) >= 11 is 6.05. The number of nitrogens with one attached hydrogen (secondary N) is 1. The fourth-order valence-corrected chi connectivity index (χ4v) is 2.13. The number of hydrogen-bond acceptors (Lipinski definition) is 3. The summed E-state index contributed by atoms with van der Waals surface area (Å²) in [4.78, 5) is 4.10. The third-order valence-electron chi connectivity index (χ3n) is 3.00. The molecule has 2 aromatic rings. The first-order valence-electron chi connectivity index (χ1n) is 6.15. The van der Waals surface area contributed by atoms with E-state index in [4.69, 9.17) is 16.9 Å². The van der Waals surface area contributed by atoms with E-state index in [2.05, 4.69) is 10.3 Å². The van der Waals surface area contributed by atoms with Gasteiger partial charge in [0.15, 0.2) is 0 Å². The van der Waals surface area contributed by atoms with E-state index in [1.807, 2.05) is 13.0 Å². The highest BCUT2D eigenvalue weighted by Crippen LogP contribution is 2.22. The van der Waals surface area contributed by atoms with Crippen LogP contribution in [0.1, 0.15) is 16.7 Å². The third kappa shape index (κ3) is 3.25. The normalized spacial score (nSPS) is 10.1. The number of anilines is 1. The summed E-state index contributed by atoms with van der Waals surface area (Å²) in [5.74, 6) is 0.260. The Morgan fingerprint density at radius 2 is 2.20 bits per heavy atom. The van der Waals surface area contributed by atoms with Gasteiger partial charge in [0.05, 0.1) is 5.56 Å². The molecule has 1 N–H and O–H groups in total. The monoisotopic (exact) mass is 289 g/mol. The molecular weight excluding hydrogens is 277 g/mol. The van der Waals surface area contributed by atoms with Crippen molar-refractivity contribution in [2.24, 2.45) is 0 Å². The number of pyridine rings is 1. The molecule has 1 heterocycles. The van der Waals surface area contributed by atoms with Crippen LogP contribution >= 0.6 is 11.6 Å². The first-order valence-corrected chi connectivity index (χ1v) is 6.53. The second-order valence-corrected chi connectivity index (χ2v) is 4.76. The zero-order valence-electron chi connectivity index (χ0n) is 11.0. The van der Waals surface area contributed by atoms with Crippen LogP contribution in [-0.4, -0.2) is 11.5 Å².